The number of rotatable bonds is 7. The molecule has 5 nitrogen and oxygen atoms in total. The molecule has 1 heterocycles. The summed E-state index contributed by atoms with van der Waals surface area (Å²) in [7, 11) is 0. The van der Waals surface area contributed by atoms with Crippen LogP contribution < -0.4 is 10.9 Å². The first-order chi connectivity index (χ1) is 11.9. The predicted molar refractivity (Wildman–Crippen MR) is 102 cm³/mol. The summed E-state index contributed by atoms with van der Waals surface area (Å²) in [6, 6.07) is 8.18. The van der Waals surface area contributed by atoms with Crippen molar-refractivity contribution in [3.63, 3.8) is 0 Å². The Morgan fingerprint density at radius 3 is 2.52 bits per heavy atom. The van der Waals surface area contributed by atoms with Gasteiger partial charge in [-0.1, -0.05) is 48.5 Å². The maximum Gasteiger partial charge on any atom is 0.254 e. The van der Waals surface area contributed by atoms with Crippen LogP contribution in [0.2, 0.25) is 0 Å². The summed E-state index contributed by atoms with van der Waals surface area (Å²) in [5.41, 5.74) is 3.40. The topological polar surface area (TPSA) is 74.8 Å². The van der Waals surface area contributed by atoms with Crippen LogP contribution >= 0.6 is 11.8 Å². The summed E-state index contributed by atoms with van der Waals surface area (Å²) in [5.74, 6) is -0.0554. The van der Waals surface area contributed by atoms with E-state index in [0.717, 1.165) is 12.0 Å². The Kier molecular flexibility index (Phi) is 6.82. The molecule has 1 aromatic carbocycles. The minimum Gasteiger partial charge on any atom is -0.349 e. The summed E-state index contributed by atoms with van der Waals surface area (Å²) in [4.78, 5) is 31.5. The van der Waals surface area contributed by atoms with Crippen LogP contribution in [-0.2, 0) is 11.2 Å². The molecule has 0 fully saturated rings. The van der Waals surface area contributed by atoms with E-state index in [1.807, 2.05) is 51.3 Å². The Morgan fingerprint density at radius 1 is 1.28 bits per heavy atom. The van der Waals surface area contributed by atoms with Crippen molar-refractivity contribution in [3.05, 3.63) is 57.0 Å². The standard InChI is InChI=1S/C19H25N3O2S/c1-5-16(14-8-6-12(2)7-9-14)21-17(23)11-10-15-13(3)20-19(25-4)22-18(15)24/h6-9,16H,5,10-11H2,1-4H3,(H,21,23)(H,20,22,24). The summed E-state index contributed by atoms with van der Waals surface area (Å²) in [6.07, 6.45) is 3.34. The number of aryl methyl sites for hydroxylation is 2. The van der Waals surface area contributed by atoms with Gasteiger partial charge < -0.3 is 10.3 Å². The van der Waals surface area contributed by atoms with E-state index in [1.54, 1.807) is 0 Å². The molecule has 0 aliphatic heterocycles. The molecule has 0 spiro atoms. The van der Waals surface area contributed by atoms with Crippen LogP contribution in [0, 0.1) is 13.8 Å². The van der Waals surface area contributed by atoms with E-state index in [-0.39, 0.29) is 23.9 Å². The van der Waals surface area contributed by atoms with Crippen LogP contribution in [0.1, 0.15) is 48.2 Å². The molecule has 2 aromatic rings. The Labute approximate surface area is 152 Å². The number of hydrogen-bond acceptors (Lipinski definition) is 4. The van der Waals surface area contributed by atoms with Crippen molar-refractivity contribution >= 4 is 17.7 Å². The molecule has 1 aromatic heterocycles. The number of hydrogen-bond donors (Lipinski definition) is 2. The summed E-state index contributed by atoms with van der Waals surface area (Å²) < 4.78 is 0. The molecule has 25 heavy (non-hydrogen) atoms. The lowest BCUT2D eigenvalue weighted by Gasteiger charge is -2.18. The molecule has 1 unspecified atom stereocenters. The smallest absolute Gasteiger partial charge is 0.254 e. The van der Waals surface area contributed by atoms with Crippen LogP contribution in [0.5, 0.6) is 0 Å². The van der Waals surface area contributed by atoms with Gasteiger partial charge in [-0.15, -0.1) is 0 Å². The molecule has 134 valence electrons. The molecule has 0 aliphatic carbocycles. The lowest BCUT2D eigenvalue weighted by atomic mass is 10.0. The highest BCUT2D eigenvalue weighted by molar-refractivity contribution is 7.98. The molecule has 2 N–H and O–H groups in total. The van der Waals surface area contributed by atoms with Crippen molar-refractivity contribution in [3.8, 4) is 0 Å². The third-order valence-electron chi connectivity index (χ3n) is 4.22. The Bertz CT molecular complexity index is 784. The van der Waals surface area contributed by atoms with Gasteiger partial charge in [0.25, 0.3) is 5.56 Å². The molecule has 2 rings (SSSR count). The zero-order valence-electron chi connectivity index (χ0n) is 15.2. The number of carbonyl (C=O) groups is 1. The largest absolute Gasteiger partial charge is 0.349 e. The number of aromatic nitrogens is 2. The van der Waals surface area contributed by atoms with Crippen molar-refractivity contribution in [1.82, 2.24) is 15.3 Å². The number of amides is 1. The van der Waals surface area contributed by atoms with Gasteiger partial charge in [-0.25, -0.2) is 4.98 Å². The zero-order valence-corrected chi connectivity index (χ0v) is 16.0. The molecule has 6 heteroatoms. The maximum atomic E-state index is 12.3. The number of nitrogens with one attached hydrogen (secondary N) is 2. The molecular formula is C19H25N3O2S. The van der Waals surface area contributed by atoms with Crippen LogP contribution in [0.25, 0.3) is 0 Å². The van der Waals surface area contributed by atoms with E-state index in [0.29, 0.717) is 22.8 Å². The number of aromatic amines is 1. The van der Waals surface area contributed by atoms with E-state index in [4.69, 9.17) is 0 Å². The van der Waals surface area contributed by atoms with Gasteiger partial charge in [0, 0.05) is 17.7 Å². The Hall–Kier alpha value is -2.08. The van der Waals surface area contributed by atoms with E-state index in [1.165, 1.54) is 17.3 Å². The van der Waals surface area contributed by atoms with E-state index in [2.05, 4.69) is 15.3 Å². The first-order valence-corrected chi connectivity index (χ1v) is 9.66. The lowest BCUT2D eigenvalue weighted by Crippen LogP contribution is -2.29. The number of carbonyl (C=O) groups excluding carboxylic acids is 1. The quantitative estimate of drug-likeness (QED) is 0.587. The summed E-state index contributed by atoms with van der Waals surface area (Å²) in [5, 5.41) is 3.66. The lowest BCUT2D eigenvalue weighted by molar-refractivity contribution is -0.121. The average molecular weight is 359 g/mol. The normalized spacial score (nSPS) is 12.0. The molecule has 1 atom stereocenters. The van der Waals surface area contributed by atoms with Gasteiger partial charge in [0.15, 0.2) is 5.16 Å². The van der Waals surface area contributed by atoms with Gasteiger partial charge in [0.1, 0.15) is 0 Å². The molecule has 0 saturated heterocycles. The van der Waals surface area contributed by atoms with E-state index in [9.17, 15) is 9.59 Å². The van der Waals surface area contributed by atoms with Gasteiger partial charge in [-0.2, -0.15) is 0 Å². The van der Waals surface area contributed by atoms with Gasteiger partial charge in [-0.3, -0.25) is 9.59 Å². The molecule has 0 aliphatic rings. The zero-order chi connectivity index (χ0) is 18.4. The van der Waals surface area contributed by atoms with Crippen molar-refractivity contribution in [2.45, 2.75) is 51.2 Å². The first-order valence-electron chi connectivity index (χ1n) is 8.44. The number of nitrogens with zero attached hydrogens (tertiary/aromatic N) is 1. The molecule has 0 saturated carbocycles. The van der Waals surface area contributed by atoms with E-state index < -0.39 is 0 Å². The Morgan fingerprint density at radius 2 is 1.96 bits per heavy atom. The SMILES string of the molecule is CCC(NC(=O)CCc1c(C)nc(SC)[nH]c1=O)c1ccc(C)cc1. The second-order valence-electron chi connectivity index (χ2n) is 6.08. The molecule has 0 bridgehead atoms. The summed E-state index contributed by atoms with van der Waals surface area (Å²) >= 11 is 1.39. The monoisotopic (exact) mass is 359 g/mol. The fourth-order valence-corrected chi connectivity index (χ4v) is 3.12. The van der Waals surface area contributed by atoms with Crippen molar-refractivity contribution in [2.24, 2.45) is 0 Å². The molecule has 1 amide bonds. The predicted octanol–water partition coefficient (Wildman–Crippen LogP) is 3.31. The summed E-state index contributed by atoms with van der Waals surface area (Å²) in [6.45, 7) is 5.90. The van der Waals surface area contributed by atoms with Gasteiger partial charge in [0.05, 0.1) is 6.04 Å². The van der Waals surface area contributed by atoms with Gasteiger partial charge in [0.2, 0.25) is 5.91 Å². The average Bonchev–Trinajstić information content (AvgIpc) is 2.59. The highest BCUT2D eigenvalue weighted by Gasteiger charge is 2.14. The van der Waals surface area contributed by atoms with Crippen LogP contribution in [0.4, 0.5) is 0 Å². The maximum absolute atomic E-state index is 12.3. The van der Waals surface area contributed by atoms with Crippen LogP contribution in [0.15, 0.2) is 34.2 Å². The minimum absolute atomic E-state index is 0.00975. The number of H-pyrrole nitrogens is 1. The second kappa shape index (κ2) is 8.85. The first kappa shape index (κ1) is 19.2. The number of benzene rings is 1. The number of thioether (sulfide) groups is 1. The Balaban J connectivity index is 2.00. The second-order valence-corrected chi connectivity index (χ2v) is 6.87. The minimum atomic E-state index is -0.157. The van der Waals surface area contributed by atoms with Crippen LogP contribution in [0.3, 0.4) is 0 Å². The fourth-order valence-electron chi connectivity index (χ4n) is 2.70. The molecule has 0 radical (unpaired) electrons. The van der Waals surface area contributed by atoms with Gasteiger partial charge >= 0.3 is 0 Å². The van der Waals surface area contributed by atoms with Crippen molar-refractivity contribution < 1.29 is 4.79 Å². The molecular weight excluding hydrogens is 334 g/mol. The highest BCUT2D eigenvalue weighted by Crippen LogP contribution is 2.17. The van der Waals surface area contributed by atoms with Crippen molar-refractivity contribution in [2.75, 3.05) is 6.26 Å². The third kappa shape index (κ3) is 5.19. The fraction of sp³-hybridized carbons (Fsp3) is 0.421. The third-order valence-corrected chi connectivity index (χ3v) is 4.80. The van der Waals surface area contributed by atoms with Crippen LogP contribution in [-0.4, -0.2) is 22.1 Å². The highest BCUT2D eigenvalue weighted by atomic mass is 32.2. The van der Waals surface area contributed by atoms with Gasteiger partial charge in [-0.05, 0) is 38.5 Å². The van der Waals surface area contributed by atoms with E-state index >= 15 is 0 Å². The van der Waals surface area contributed by atoms with Crippen molar-refractivity contribution in [1.29, 1.82) is 0 Å².